The lowest BCUT2D eigenvalue weighted by molar-refractivity contribution is -0.140. The van der Waals surface area contributed by atoms with Gasteiger partial charge in [0, 0.05) is 24.1 Å². The molecule has 3 rings (SSSR count). The first-order chi connectivity index (χ1) is 14.5. The smallest absolute Gasteiger partial charge is 0.295 e. The number of thiophene rings is 1. The fourth-order valence-electron chi connectivity index (χ4n) is 3.48. The Bertz CT molecular complexity index is 935. The number of carbonyl (C=O) groups is 2. The van der Waals surface area contributed by atoms with E-state index in [0.717, 1.165) is 29.0 Å². The van der Waals surface area contributed by atoms with E-state index in [1.165, 1.54) is 16.2 Å². The second-order valence-electron chi connectivity index (χ2n) is 7.18. The third kappa shape index (κ3) is 4.42. The average molecular weight is 430 g/mol. The van der Waals surface area contributed by atoms with Crippen LogP contribution in [0.2, 0.25) is 0 Å². The Morgan fingerprint density at radius 1 is 1.23 bits per heavy atom. The highest BCUT2D eigenvalue weighted by molar-refractivity contribution is 7.10. The Kier molecular flexibility index (Phi) is 7.29. The molecule has 1 fully saturated rings. The monoisotopic (exact) mass is 429 g/mol. The van der Waals surface area contributed by atoms with E-state index < -0.39 is 17.7 Å². The van der Waals surface area contributed by atoms with Crippen LogP contribution in [0, 0.1) is 6.92 Å². The molecule has 30 heavy (non-hydrogen) atoms. The summed E-state index contributed by atoms with van der Waals surface area (Å²) in [7, 11) is 1.55. The average Bonchev–Trinajstić information content (AvgIpc) is 3.35. The highest BCUT2D eigenvalue weighted by atomic mass is 32.1. The number of methoxy groups -OCH3 is 1. The second kappa shape index (κ2) is 9.91. The Morgan fingerprint density at radius 3 is 2.67 bits per heavy atom. The van der Waals surface area contributed by atoms with Gasteiger partial charge >= 0.3 is 0 Å². The zero-order chi connectivity index (χ0) is 21.7. The van der Waals surface area contributed by atoms with Crippen LogP contribution in [0.4, 0.5) is 0 Å². The number of nitrogens with zero attached hydrogens (tertiary/aromatic N) is 1. The number of Topliss-reactive ketones (excluding diaryl/α,β-unsaturated/α-hetero) is 1. The fraction of sp³-hybridized carbons (Fsp3) is 0.391. The molecule has 1 saturated heterocycles. The van der Waals surface area contributed by atoms with Crippen LogP contribution in [0.25, 0.3) is 5.76 Å². The topological polar surface area (TPSA) is 76.1 Å². The molecule has 0 saturated carbocycles. The van der Waals surface area contributed by atoms with Gasteiger partial charge in [-0.25, -0.2) is 0 Å². The van der Waals surface area contributed by atoms with Crippen LogP contribution in [0.3, 0.4) is 0 Å². The van der Waals surface area contributed by atoms with Crippen molar-refractivity contribution in [1.82, 2.24) is 4.90 Å². The largest absolute Gasteiger partial charge is 0.507 e. The molecule has 1 aromatic heterocycles. The maximum atomic E-state index is 12.9. The number of hydrogen-bond acceptors (Lipinski definition) is 6. The molecule has 1 N–H and O–H groups in total. The van der Waals surface area contributed by atoms with Gasteiger partial charge in [-0.1, -0.05) is 19.4 Å². The molecule has 2 aromatic rings. The van der Waals surface area contributed by atoms with Crippen LogP contribution in [-0.2, 0) is 14.3 Å². The van der Waals surface area contributed by atoms with Gasteiger partial charge in [-0.2, -0.15) is 0 Å². The van der Waals surface area contributed by atoms with Gasteiger partial charge in [0.2, 0.25) is 0 Å². The Balaban J connectivity index is 2.00. The van der Waals surface area contributed by atoms with Gasteiger partial charge in [0.25, 0.3) is 11.7 Å². The van der Waals surface area contributed by atoms with Gasteiger partial charge in [-0.05, 0) is 48.6 Å². The molecule has 6 nitrogen and oxygen atoms in total. The van der Waals surface area contributed by atoms with E-state index in [-0.39, 0.29) is 17.9 Å². The van der Waals surface area contributed by atoms with Crippen LogP contribution in [-0.4, -0.2) is 48.6 Å². The van der Waals surface area contributed by atoms with Gasteiger partial charge in [0.1, 0.15) is 11.5 Å². The molecule has 0 bridgehead atoms. The number of hydrogen-bond donors (Lipinski definition) is 1. The third-order valence-corrected chi connectivity index (χ3v) is 6.02. The SMILES string of the molecule is CCCCOc1ccc(/C(O)=C2\C(=O)C(=O)N(CCOC)[C@H]2c2cccs2)cc1C. The lowest BCUT2D eigenvalue weighted by atomic mass is 9.99. The zero-order valence-corrected chi connectivity index (χ0v) is 18.3. The first-order valence-electron chi connectivity index (χ1n) is 10.0. The molecular formula is C23H27NO5S. The molecule has 0 aliphatic carbocycles. The first kappa shape index (κ1) is 22.1. The molecule has 1 aliphatic rings. The number of aryl methyl sites for hydroxylation is 1. The third-order valence-electron chi connectivity index (χ3n) is 5.09. The zero-order valence-electron chi connectivity index (χ0n) is 17.5. The molecule has 0 spiro atoms. The summed E-state index contributed by atoms with van der Waals surface area (Å²) < 4.78 is 10.9. The molecule has 1 atom stereocenters. The lowest BCUT2D eigenvalue weighted by Crippen LogP contribution is -2.32. The summed E-state index contributed by atoms with van der Waals surface area (Å²) in [5.74, 6) is -0.726. The van der Waals surface area contributed by atoms with E-state index in [4.69, 9.17) is 9.47 Å². The first-order valence-corrected chi connectivity index (χ1v) is 10.9. The quantitative estimate of drug-likeness (QED) is 0.278. The van der Waals surface area contributed by atoms with E-state index in [2.05, 4.69) is 6.92 Å². The number of benzene rings is 1. The Morgan fingerprint density at radius 2 is 2.03 bits per heavy atom. The number of aliphatic hydroxyl groups is 1. The molecule has 1 amide bonds. The number of ether oxygens (including phenoxy) is 2. The summed E-state index contributed by atoms with van der Waals surface area (Å²) in [6.45, 7) is 5.20. The minimum atomic E-state index is -0.678. The van der Waals surface area contributed by atoms with Gasteiger partial charge in [-0.3, -0.25) is 9.59 Å². The van der Waals surface area contributed by atoms with Gasteiger partial charge in [0.05, 0.1) is 24.8 Å². The standard InChI is InChI=1S/C23H27NO5S/c1-4-5-11-29-17-9-8-16(14-15(17)2)21(25)19-20(18-7-6-13-30-18)24(10-12-28-3)23(27)22(19)26/h6-9,13-14,20,25H,4-5,10-12H2,1-3H3/b21-19+/t20-/m0/s1. The van der Waals surface area contributed by atoms with Crippen LogP contribution >= 0.6 is 11.3 Å². The summed E-state index contributed by atoms with van der Waals surface area (Å²) >= 11 is 1.44. The molecule has 2 heterocycles. The Labute approximate surface area is 180 Å². The van der Waals surface area contributed by atoms with Crippen molar-refractivity contribution in [1.29, 1.82) is 0 Å². The fourth-order valence-corrected chi connectivity index (χ4v) is 4.33. The molecule has 0 radical (unpaired) electrons. The molecule has 1 aromatic carbocycles. The normalized spacial score (nSPS) is 18.2. The predicted molar refractivity (Wildman–Crippen MR) is 117 cm³/mol. The van der Waals surface area contributed by atoms with Gasteiger partial charge in [0.15, 0.2) is 0 Å². The maximum absolute atomic E-state index is 12.9. The van der Waals surface area contributed by atoms with E-state index in [9.17, 15) is 14.7 Å². The minimum Gasteiger partial charge on any atom is -0.507 e. The van der Waals surface area contributed by atoms with Crippen LogP contribution in [0.15, 0.2) is 41.3 Å². The summed E-state index contributed by atoms with van der Waals surface area (Å²) in [5, 5.41) is 13.0. The van der Waals surface area contributed by atoms with Crippen LogP contribution in [0.1, 0.15) is 41.8 Å². The van der Waals surface area contributed by atoms with Crippen molar-refractivity contribution in [3.8, 4) is 5.75 Å². The molecule has 160 valence electrons. The van der Waals surface area contributed by atoms with E-state index in [1.54, 1.807) is 25.3 Å². The number of rotatable bonds is 9. The number of ketones is 1. The van der Waals surface area contributed by atoms with Crippen molar-refractivity contribution in [2.24, 2.45) is 0 Å². The molecule has 1 aliphatic heterocycles. The van der Waals surface area contributed by atoms with Gasteiger partial charge < -0.3 is 19.5 Å². The van der Waals surface area contributed by atoms with E-state index >= 15 is 0 Å². The number of aliphatic hydroxyl groups excluding tert-OH is 1. The summed E-state index contributed by atoms with van der Waals surface area (Å²) in [4.78, 5) is 27.8. The Hall–Kier alpha value is -2.64. The number of carbonyl (C=O) groups excluding carboxylic acids is 2. The summed E-state index contributed by atoms with van der Waals surface area (Å²) in [5.41, 5.74) is 1.45. The lowest BCUT2D eigenvalue weighted by Gasteiger charge is -2.23. The number of unbranched alkanes of at least 4 members (excludes halogenated alkanes) is 1. The van der Waals surface area contributed by atoms with Crippen molar-refractivity contribution in [3.63, 3.8) is 0 Å². The minimum absolute atomic E-state index is 0.109. The van der Waals surface area contributed by atoms with E-state index in [1.807, 2.05) is 24.4 Å². The van der Waals surface area contributed by atoms with Crippen LogP contribution in [0.5, 0.6) is 5.75 Å². The highest BCUT2D eigenvalue weighted by Gasteiger charge is 2.46. The molecular weight excluding hydrogens is 402 g/mol. The molecule has 0 unspecified atom stereocenters. The van der Waals surface area contributed by atoms with Crippen molar-refractivity contribution < 1.29 is 24.2 Å². The second-order valence-corrected chi connectivity index (χ2v) is 8.16. The van der Waals surface area contributed by atoms with Crippen molar-refractivity contribution in [2.45, 2.75) is 32.7 Å². The van der Waals surface area contributed by atoms with Crippen LogP contribution < -0.4 is 4.74 Å². The summed E-state index contributed by atoms with van der Waals surface area (Å²) in [6, 6.07) is 8.40. The highest BCUT2D eigenvalue weighted by Crippen LogP contribution is 2.41. The summed E-state index contributed by atoms with van der Waals surface area (Å²) in [6.07, 6.45) is 2.01. The number of likely N-dealkylation sites (tertiary alicyclic amines) is 1. The van der Waals surface area contributed by atoms with Crippen molar-refractivity contribution in [3.05, 3.63) is 57.3 Å². The maximum Gasteiger partial charge on any atom is 0.295 e. The van der Waals surface area contributed by atoms with E-state index in [0.29, 0.717) is 18.8 Å². The number of amides is 1. The molecule has 7 heteroatoms. The van der Waals surface area contributed by atoms with Gasteiger partial charge in [-0.15, -0.1) is 11.3 Å². The predicted octanol–water partition coefficient (Wildman–Crippen LogP) is 4.30. The van der Waals surface area contributed by atoms with Crippen molar-refractivity contribution >= 4 is 28.8 Å². The van der Waals surface area contributed by atoms with Crippen molar-refractivity contribution in [2.75, 3.05) is 26.9 Å².